The van der Waals surface area contributed by atoms with Crippen molar-refractivity contribution in [2.75, 3.05) is 0 Å². The van der Waals surface area contributed by atoms with E-state index in [-0.39, 0.29) is 18.1 Å². The van der Waals surface area contributed by atoms with Gasteiger partial charge in [0.25, 0.3) is 0 Å². The van der Waals surface area contributed by atoms with Crippen LogP contribution in [0.5, 0.6) is 0 Å². The maximum atomic E-state index is 13.8. The van der Waals surface area contributed by atoms with Gasteiger partial charge in [0.15, 0.2) is 0 Å². The fourth-order valence-corrected chi connectivity index (χ4v) is 2.46. The molecule has 0 radical (unpaired) electrons. The lowest BCUT2D eigenvalue weighted by molar-refractivity contribution is 0.240. The summed E-state index contributed by atoms with van der Waals surface area (Å²) in [6, 6.07) is 5.65. The number of rotatable bonds is 5. The van der Waals surface area contributed by atoms with Crippen molar-refractivity contribution in [3.8, 4) is 6.07 Å². The van der Waals surface area contributed by atoms with E-state index in [1.165, 1.54) is 12.1 Å². The number of halogens is 1. The Balaban J connectivity index is 1.91. The van der Waals surface area contributed by atoms with Gasteiger partial charge in [-0.1, -0.05) is 6.07 Å². The Morgan fingerprint density at radius 2 is 2.04 bits per heavy atom. The SMILES string of the molecule is CCn1nc(C)c(CNC(=O)NCc2ccc(C#N)cc2F)c1C. The normalized spacial score (nSPS) is 10.3. The van der Waals surface area contributed by atoms with Crippen LogP contribution in [0.1, 0.15) is 35.0 Å². The van der Waals surface area contributed by atoms with Gasteiger partial charge in [-0.25, -0.2) is 9.18 Å². The number of carbonyl (C=O) groups is 1. The van der Waals surface area contributed by atoms with Crippen LogP contribution in [0.25, 0.3) is 0 Å². The first-order valence-electron chi connectivity index (χ1n) is 7.69. The maximum Gasteiger partial charge on any atom is 0.315 e. The molecule has 7 heteroatoms. The molecule has 126 valence electrons. The molecule has 0 spiro atoms. The number of nitrogens with one attached hydrogen (secondary N) is 2. The van der Waals surface area contributed by atoms with E-state index in [2.05, 4.69) is 15.7 Å². The zero-order valence-corrected chi connectivity index (χ0v) is 14.0. The third-order valence-electron chi connectivity index (χ3n) is 3.88. The third kappa shape index (κ3) is 3.90. The van der Waals surface area contributed by atoms with Gasteiger partial charge in [0, 0.05) is 36.5 Å². The van der Waals surface area contributed by atoms with Crippen LogP contribution in [-0.4, -0.2) is 15.8 Å². The molecule has 0 saturated heterocycles. The lowest BCUT2D eigenvalue weighted by Gasteiger charge is -2.09. The van der Waals surface area contributed by atoms with Gasteiger partial charge in [0.1, 0.15) is 5.82 Å². The molecule has 0 aliphatic heterocycles. The molecule has 2 aromatic rings. The van der Waals surface area contributed by atoms with E-state index >= 15 is 0 Å². The van der Waals surface area contributed by atoms with Gasteiger partial charge < -0.3 is 10.6 Å². The second kappa shape index (κ2) is 7.59. The molecule has 0 aliphatic carbocycles. The topological polar surface area (TPSA) is 82.7 Å². The monoisotopic (exact) mass is 329 g/mol. The van der Waals surface area contributed by atoms with Crippen LogP contribution in [-0.2, 0) is 19.6 Å². The summed E-state index contributed by atoms with van der Waals surface area (Å²) in [5, 5.41) is 18.5. The summed E-state index contributed by atoms with van der Waals surface area (Å²) in [6.45, 7) is 7.06. The van der Waals surface area contributed by atoms with Crippen LogP contribution in [0.4, 0.5) is 9.18 Å². The minimum absolute atomic E-state index is 0.0512. The number of aryl methyl sites for hydroxylation is 2. The fourth-order valence-electron chi connectivity index (χ4n) is 2.46. The first-order chi connectivity index (χ1) is 11.5. The molecule has 0 fully saturated rings. The summed E-state index contributed by atoms with van der Waals surface area (Å²) in [7, 11) is 0. The number of urea groups is 1. The minimum Gasteiger partial charge on any atom is -0.334 e. The first kappa shape index (κ1) is 17.5. The molecule has 0 bridgehead atoms. The first-order valence-corrected chi connectivity index (χ1v) is 7.69. The van der Waals surface area contributed by atoms with Gasteiger partial charge in [-0.2, -0.15) is 10.4 Å². The summed E-state index contributed by atoms with van der Waals surface area (Å²) < 4.78 is 15.6. The number of hydrogen-bond acceptors (Lipinski definition) is 3. The lowest BCUT2D eigenvalue weighted by Crippen LogP contribution is -2.35. The zero-order valence-electron chi connectivity index (χ0n) is 14.0. The van der Waals surface area contributed by atoms with Gasteiger partial charge in [-0.15, -0.1) is 0 Å². The highest BCUT2D eigenvalue weighted by Gasteiger charge is 2.12. The van der Waals surface area contributed by atoms with Crippen molar-refractivity contribution in [1.82, 2.24) is 20.4 Å². The number of amides is 2. The van der Waals surface area contributed by atoms with Gasteiger partial charge >= 0.3 is 6.03 Å². The molecule has 24 heavy (non-hydrogen) atoms. The Bertz CT molecular complexity index is 791. The predicted molar refractivity (Wildman–Crippen MR) is 87.6 cm³/mol. The molecular formula is C17H20FN5O. The second-order valence-corrected chi connectivity index (χ2v) is 5.42. The van der Waals surface area contributed by atoms with E-state index in [0.717, 1.165) is 29.6 Å². The number of carbonyl (C=O) groups excluding carboxylic acids is 1. The van der Waals surface area contributed by atoms with Crippen LogP contribution < -0.4 is 10.6 Å². The van der Waals surface area contributed by atoms with Crippen molar-refractivity contribution in [2.45, 2.75) is 40.4 Å². The van der Waals surface area contributed by atoms with Gasteiger partial charge in [-0.3, -0.25) is 4.68 Å². The average molecular weight is 329 g/mol. The van der Waals surface area contributed by atoms with E-state index in [4.69, 9.17) is 5.26 Å². The summed E-state index contributed by atoms with van der Waals surface area (Å²) in [6.07, 6.45) is 0. The van der Waals surface area contributed by atoms with Crippen LogP contribution in [0.15, 0.2) is 18.2 Å². The van der Waals surface area contributed by atoms with Gasteiger partial charge in [0.2, 0.25) is 0 Å². The molecule has 1 aromatic heterocycles. The van der Waals surface area contributed by atoms with Crippen molar-refractivity contribution in [3.63, 3.8) is 0 Å². The van der Waals surface area contributed by atoms with E-state index in [1.54, 1.807) is 0 Å². The average Bonchev–Trinajstić information content (AvgIpc) is 2.85. The number of hydrogen-bond donors (Lipinski definition) is 2. The number of nitrogens with zero attached hydrogens (tertiary/aromatic N) is 3. The van der Waals surface area contributed by atoms with Crippen LogP contribution in [0.3, 0.4) is 0 Å². The van der Waals surface area contributed by atoms with Crippen LogP contribution in [0.2, 0.25) is 0 Å². The van der Waals surface area contributed by atoms with Crippen molar-refractivity contribution < 1.29 is 9.18 Å². The van der Waals surface area contributed by atoms with Crippen molar-refractivity contribution in [1.29, 1.82) is 5.26 Å². The van der Waals surface area contributed by atoms with E-state index < -0.39 is 5.82 Å². The molecule has 2 rings (SSSR count). The molecule has 0 aliphatic rings. The van der Waals surface area contributed by atoms with Crippen molar-refractivity contribution in [3.05, 3.63) is 52.1 Å². The largest absolute Gasteiger partial charge is 0.334 e. The highest BCUT2D eigenvalue weighted by molar-refractivity contribution is 5.73. The highest BCUT2D eigenvalue weighted by atomic mass is 19.1. The molecule has 0 unspecified atom stereocenters. The van der Waals surface area contributed by atoms with Crippen LogP contribution in [0, 0.1) is 31.0 Å². The number of aromatic nitrogens is 2. The maximum absolute atomic E-state index is 13.8. The van der Waals surface area contributed by atoms with Crippen molar-refractivity contribution in [2.24, 2.45) is 0 Å². The molecule has 1 heterocycles. The lowest BCUT2D eigenvalue weighted by atomic mass is 10.1. The van der Waals surface area contributed by atoms with E-state index in [0.29, 0.717) is 12.1 Å². The highest BCUT2D eigenvalue weighted by Crippen LogP contribution is 2.12. The standard InChI is InChI=1S/C17H20FN5O/c1-4-23-12(3)15(11(2)22-23)10-21-17(24)20-9-14-6-5-13(8-19)7-16(14)18/h5-7H,4,9-10H2,1-3H3,(H2,20,21,24). The molecule has 2 N–H and O–H groups in total. The smallest absolute Gasteiger partial charge is 0.315 e. The molecular weight excluding hydrogens is 309 g/mol. The molecule has 2 amide bonds. The Hall–Kier alpha value is -2.88. The molecule has 6 nitrogen and oxygen atoms in total. The number of nitriles is 1. The summed E-state index contributed by atoms with van der Waals surface area (Å²) in [5.74, 6) is -0.509. The molecule has 0 atom stereocenters. The van der Waals surface area contributed by atoms with Crippen molar-refractivity contribution >= 4 is 6.03 Å². The fraction of sp³-hybridized carbons (Fsp3) is 0.353. The van der Waals surface area contributed by atoms with Gasteiger partial charge in [0.05, 0.1) is 17.3 Å². The Morgan fingerprint density at radius 3 is 2.62 bits per heavy atom. The Morgan fingerprint density at radius 1 is 1.33 bits per heavy atom. The van der Waals surface area contributed by atoms with E-state index in [1.807, 2.05) is 31.5 Å². The van der Waals surface area contributed by atoms with Gasteiger partial charge in [-0.05, 0) is 32.9 Å². The minimum atomic E-state index is -0.509. The molecule has 0 saturated carbocycles. The zero-order chi connectivity index (χ0) is 17.7. The molecule has 1 aromatic carbocycles. The Kier molecular flexibility index (Phi) is 5.53. The number of benzene rings is 1. The quantitative estimate of drug-likeness (QED) is 0.884. The Labute approximate surface area is 140 Å². The summed E-state index contributed by atoms with van der Waals surface area (Å²) in [4.78, 5) is 11.9. The predicted octanol–water partition coefficient (Wildman–Crippen LogP) is 2.53. The summed E-state index contributed by atoms with van der Waals surface area (Å²) in [5.41, 5.74) is 3.47. The van der Waals surface area contributed by atoms with Crippen LogP contribution >= 0.6 is 0 Å². The third-order valence-corrected chi connectivity index (χ3v) is 3.88. The van der Waals surface area contributed by atoms with E-state index in [9.17, 15) is 9.18 Å². The second-order valence-electron chi connectivity index (χ2n) is 5.42. The summed E-state index contributed by atoms with van der Waals surface area (Å²) >= 11 is 0.